The number of methoxy groups -OCH3 is 1. The molecule has 0 aliphatic carbocycles. The van der Waals surface area contributed by atoms with Crippen LogP contribution >= 0.6 is 0 Å². The first-order chi connectivity index (χ1) is 15.4. The highest BCUT2D eigenvalue weighted by Gasteiger charge is 2.25. The summed E-state index contributed by atoms with van der Waals surface area (Å²) in [6.45, 7) is 5.66. The van der Waals surface area contributed by atoms with Crippen LogP contribution in [-0.4, -0.2) is 25.0 Å². The Bertz CT molecular complexity index is 1080. The molecule has 0 aliphatic heterocycles. The van der Waals surface area contributed by atoms with Gasteiger partial charge in [-0.2, -0.15) is 0 Å². The molecule has 3 aromatic rings. The van der Waals surface area contributed by atoms with Gasteiger partial charge in [-0.25, -0.2) is 0 Å². The smallest absolute Gasteiger partial charge is 0.252 e. The molecule has 1 atom stereocenters. The minimum Gasteiger partial charge on any atom is -0.493 e. The highest BCUT2D eigenvalue weighted by Crippen LogP contribution is 2.31. The molecule has 0 bridgehead atoms. The van der Waals surface area contributed by atoms with Crippen LogP contribution in [0.15, 0.2) is 72.8 Å². The molecule has 0 heterocycles. The van der Waals surface area contributed by atoms with Gasteiger partial charge in [-0.15, -0.1) is 0 Å². The van der Waals surface area contributed by atoms with Gasteiger partial charge in [-0.05, 0) is 60.9 Å². The second kappa shape index (κ2) is 10.5. The molecule has 3 aromatic carbocycles. The van der Waals surface area contributed by atoms with Crippen molar-refractivity contribution < 1.29 is 19.1 Å². The number of aryl methyl sites for hydroxylation is 1. The zero-order valence-corrected chi connectivity index (χ0v) is 18.7. The molecular weight excluding hydrogens is 404 g/mol. The van der Waals surface area contributed by atoms with Gasteiger partial charge in [0.1, 0.15) is 11.8 Å². The number of hydrogen-bond acceptors (Lipinski definition) is 4. The van der Waals surface area contributed by atoms with E-state index in [0.29, 0.717) is 28.5 Å². The fraction of sp³-hybridized carbons (Fsp3) is 0.231. The van der Waals surface area contributed by atoms with Crippen molar-refractivity contribution in [3.05, 3.63) is 83.9 Å². The molecule has 0 radical (unpaired) electrons. The van der Waals surface area contributed by atoms with Crippen molar-refractivity contribution in [1.82, 2.24) is 5.32 Å². The number of para-hydroxylation sites is 2. The molecule has 6 heteroatoms. The van der Waals surface area contributed by atoms with Crippen molar-refractivity contribution in [2.75, 3.05) is 12.4 Å². The predicted octanol–water partition coefficient (Wildman–Crippen LogP) is 5.19. The van der Waals surface area contributed by atoms with Gasteiger partial charge < -0.3 is 20.1 Å². The molecule has 32 heavy (non-hydrogen) atoms. The zero-order valence-electron chi connectivity index (χ0n) is 18.7. The lowest BCUT2D eigenvalue weighted by Crippen LogP contribution is -2.47. The predicted molar refractivity (Wildman–Crippen MR) is 125 cm³/mol. The first kappa shape index (κ1) is 22.9. The number of carbonyl (C=O) groups is 2. The molecule has 2 N–H and O–H groups in total. The topological polar surface area (TPSA) is 76.7 Å². The van der Waals surface area contributed by atoms with Gasteiger partial charge in [0.25, 0.3) is 5.91 Å². The fourth-order valence-electron chi connectivity index (χ4n) is 3.24. The summed E-state index contributed by atoms with van der Waals surface area (Å²) >= 11 is 0. The molecule has 6 nitrogen and oxygen atoms in total. The Hall–Kier alpha value is -3.80. The number of hydrogen-bond donors (Lipinski definition) is 2. The molecular formula is C26H28N2O4. The molecule has 2 amide bonds. The van der Waals surface area contributed by atoms with Crippen molar-refractivity contribution in [1.29, 1.82) is 0 Å². The molecule has 0 spiro atoms. The van der Waals surface area contributed by atoms with Crippen molar-refractivity contribution >= 4 is 17.5 Å². The fourth-order valence-corrected chi connectivity index (χ4v) is 3.24. The van der Waals surface area contributed by atoms with E-state index in [2.05, 4.69) is 10.6 Å². The number of anilines is 1. The minimum absolute atomic E-state index is 0.0869. The van der Waals surface area contributed by atoms with E-state index < -0.39 is 6.04 Å². The Morgan fingerprint density at radius 1 is 0.844 bits per heavy atom. The lowest BCUT2D eigenvalue weighted by Gasteiger charge is -2.22. The summed E-state index contributed by atoms with van der Waals surface area (Å²) < 4.78 is 11.2. The first-order valence-corrected chi connectivity index (χ1v) is 10.5. The average Bonchev–Trinajstić information content (AvgIpc) is 2.79. The molecule has 0 saturated heterocycles. The lowest BCUT2D eigenvalue weighted by atomic mass is 10.0. The molecule has 0 aliphatic rings. The van der Waals surface area contributed by atoms with E-state index in [0.717, 1.165) is 5.56 Å². The molecule has 0 aromatic heterocycles. The molecule has 166 valence electrons. The minimum atomic E-state index is -0.674. The third kappa shape index (κ3) is 5.66. The van der Waals surface area contributed by atoms with Gasteiger partial charge >= 0.3 is 0 Å². The summed E-state index contributed by atoms with van der Waals surface area (Å²) in [7, 11) is 1.59. The number of carbonyl (C=O) groups excluding carboxylic acids is 2. The Morgan fingerprint density at radius 2 is 1.47 bits per heavy atom. The normalized spacial score (nSPS) is 11.5. The van der Waals surface area contributed by atoms with Gasteiger partial charge in [0.2, 0.25) is 5.91 Å². The maximum Gasteiger partial charge on any atom is 0.252 e. The Labute approximate surface area is 188 Å². The molecule has 0 fully saturated rings. The van der Waals surface area contributed by atoms with Gasteiger partial charge in [0, 0.05) is 11.3 Å². The highest BCUT2D eigenvalue weighted by atomic mass is 16.5. The standard InChI is InChI=1S/C26H28N2O4/c1-17(2)24(28-25(29)21-10-6-5-9-18(21)3)26(30)27-19-13-15-20(16-14-19)32-23-12-8-7-11-22(23)31-4/h5-17,24H,1-4H3,(H,27,30)(H,28,29)/t24-/m0/s1. The van der Waals surface area contributed by atoms with Crippen LogP contribution < -0.4 is 20.1 Å². The number of nitrogens with one attached hydrogen (secondary N) is 2. The van der Waals surface area contributed by atoms with E-state index in [1.165, 1.54) is 0 Å². The number of amides is 2. The van der Waals surface area contributed by atoms with E-state index in [4.69, 9.17) is 9.47 Å². The third-order valence-electron chi connectivity index (χ3n) is 5.04. The van der Waals surface area contributed by atoms with E-state index >= 15 is 0 Å². The monoisotopic (exact) mass is 432 g/mol. The van der Waals surface area contributed by atoms with Crippen LogP contribution in [0.25, 0.3) is 0 Å². The van der Waals surface area contributed by atoms with Crippen molar-refractivity contribution in [2.45, 2.75) is 26.8 Å². The molecule has 3 rings (SSSR count). The van der Waals surface area contributed by atoms with Crippen LogP contribution in [-0.2, 0) is 4.79 Å². The van der Waals surface area contributed by atoms with Gasteiger partial charge in [-0.1, -0.05) is 44.2 Å². The molecule has 0 unspecified atom stereocenters. The number of ether oxygens (including phenoxy) is 2. The van der Waals surface area contributed by atoms with E-state index in [-0.39, 0.29) is 17.7 Å². The Morgan fingerprint density at radius 3 is 2.09 bits per heavy atom. The summed E-state index contributed by atoms with van der Waals surface area (Å²) in [6, 6.07) is 21.0. The maximum absolute atomic E-state index is 12.9. The highest BCUT2D eigenvalue weighted by molar-refractivity contribution is 6.01. The van der Waals surface area contributed by atoms with E-state index in [1.54, 1.807) is 43.5 Å². The van der Waals surface area contributed by atoms with E-state index in [9.17, 15) is 9.59 Å². The van der Waals surface area contributed by atoms with Gasteiger partial charge in [-0.3, -0.25) is 9.59 Å². The zero-order chi connectivity index (χ0) is 23.1. The van der Waals surface area contributed by atoms with Crippen molar-refractivity contribution in [2.24, 2.45) is 5.92 Å². The van der Waals surface area contributed by atoms with Crippen molar-refractivity contribution in [3.63, 3.8) is 0 Å². The van der Waals surface area contributed by atoms with Crippen LogP contribution in [0.2, 0.25) is 0 Å². The van der Waals surface area contributed by atoms with Crippen LogP contribution in [0, 0.1) is 12.8 Å². The summed E-state index contributed by atoms with van der Waals surface area (Å²) in [6.07, 6.45) is 0. The van der Waals surface area contributed by atoms with Gasteiger partial charge in [0.15, 0.2) is 11.5 Å². The number of benzene rings is 3. The van der Waals surface area contributed by atoms with Crippen LogP contribution in [0.4, 0.5) is 5.69 Å². The largest absolute Gasteiger partial charge is 0.493 e. The van der Waals surface area contributed by atoms with Crippen LogP contribution in [0.5, 0.6) is 17.2 Å². The summed E-state index contributed by atoms with van der Waals surface area (Å²) in [4.78, 5) is 25.6. The third-order valence-corrected chi connectivity index (χ3v) is 5.04. The second-order valence-electron chi connectivity index (χ2n) is 7.78. The van der Waals surface area contributed by atoms with E-state index in [1.807, 2.05) is 57.2 Å². The number of rotatable bonds is 8. The summed E-state index contributed by atoms with van der Waals surface area (Å²) in [5.74, 6) is 1.22. The van der Waals surface area contributed by atoms with Gasteiger partial charge in [0.05, 0.1) is 7.11 Å². The SMILES string of the molecule is COc1ccccc1Oc1ccc(NC(=O)[C@@H](NC(=O)c2ccccc2C)C(C)C)cc1. The summed E-state index contributed by atoms with van der Waals surface area (Å²) in [5, 5.41) is 5.74. The van der Waals surface area contributed by atoms with Crippen LogP contribution in [0.1, 0.15) is 29.8 Å². The maximum atomic E-state index is 12.9. The quantitative estimate of drug-likeness (QED) is 0.514. The average molecular weight is 433 g/mol. The molecule has 0 saturated carbocycles. The first-order valence-electron chi connectivity index (χ1n) is 10.5. The summed E-state index contributed by atoms with van der Waals surface area (Å²) in [5.41, 5.74) is 2.03. The Kier molecular flexibility index (Phi) is 7.49. The van der Waals surface area contributed by atoms with Crippen molar-refractivity contribution in [3.8, 4) is 17.2 Å². The Balaban J connectivity index is 1.66. The lowest BCUT2D eigenvalue weighted by molar-refractivity contribution is -0.118. The van der Waals surface area contributed by atoms with Crippen LogP contribution in [0.3, 0.4) is 0 Å². The second-order valence-corrected chi connectivity index (χ2v) is 7.78.